The number of rotatable bonds is 7. The van der Waals surface area contributed by atoms with Crippen molar-refractivity contribution in [2.24, 2.45) is 0 Å². The van der Waals surface area contributed by atoms with Crippen LogP contribution in [0.4, 0.5) is 5.13 Å². The maximum atomic E-state index is 12.3. The fourth-order valence-corrected chi connectivity index (χ4v) is 4.44. The minimum absolute atomic E-state index is 0.0975. The number of fused-ring (bicyclic) bond motifs is 1. The van der Waals surface area contributed by atoms with E-state index in [1.54, 1.807) is 7.11 Å². The number of benzene rings is 1. The van der Waals surface area contributed by atoms with Crippen molar-refractivity contribution in [3.8, 4) is 5.75 Å². The first-order valence-electron chi connectivity index (χ1n) is 8.48. The van der Waals surface area contributed by atoms with Crippen molar-refractivity contribution in [1.82, 2.24) is 19.7 Å². The number of carbonyl (C=O) groups excluding carboxylic acids is 1. The third kappa shape index (κ3) is 3.54. The van der Waals surface area contributed by atoms with Crippen molar-refractivity contribution in [2.75, 3.05) is 18.2 Å². The molecule has 0 unspecified atom stereocenters. The van der Waals surface area contributed by atoms with E-state index in [1.807, 2.05) is 18.2 Å². The van der Waals surface area contributed by atoms with Gasteiger partial charge in [0.15, 0.2) is 10.3 Å². The third-order valence-corrected chi connectivity index (χ3v) is 6.08. The molecular weight excluding hydrogens is 370 g/mol. The summed E-state index contributed by atoms with van der Waals surface area (Å²) in [6.07, 6.45) is 2.37. The van der Waals surface area contributed by atoms with Gasteiger partial charge in [0, 0.05) is 12.5 Å². The van der Waals surface area contributed by atoms with Gasteiger partial charge in [0.25, 0.3) is 0 Å². The molecule has 7 nitrogen and oxygen atoms in total. The Morgan fingerprint density at radius 3 is 3.00 bits per heavy atom. The third-order valence-electron chi connectivity index (χ3n) is 4.18. The predicted molar refractivity (Wildman–Crippen MR) is 103 cm³/mol. The van der Waals surface area contributed by atoms with Crippen LogP contribution in [0, 0.1) is 0 Å². The number of aromatic nitrogens is 4. The molecule has 1 aromatic carbocycles. The van der Waals surface area contributed by atoms with Crippen molar-refractivity contribution in [2.45, 2.75) is 37.4 Å². The van der Waals surface area contributed by atoms with Gasteiger partial charge in [-0.3, -0.25) is 4.79 Å². The number of methoxy groups -OCH3 is 1. The lowest BCUT2D eigenvalue weighted by molar-refractivity contribution is -0.113. The number of nitrogens with zero attached hydrogens (tertiary/aromatic N) is 4. The number of hydrogen-bond donors (Lipinski definition) is 1. The molecule has 0 radical (unpaired) electrons. The summed E-state index contributed by atoms with van der Waals surface area (Å²) in [5.74, 6) is 2.56. The molecule has 0 saturated heterocycles. The lowest BCUT2D eigenvalue weighted by Gasteiger charge is -2.06. The summed E-state index contributed by atoms with van der Waals surface area (Å²) in [5, 5.41) is 12.8. The topological polar surface area (TPSA) is 81.9 Å². The molecule has 1 aliphatic rings. The highest BCUT2D eigenvalue weighted by Crippen LogP contribution is 2.40. The van der Waals surface area contributed by atoms with Gasteiger partial charge in [-0.1, -0.05) is 23.1 Å². The predicted octanol–water partition coefficient (Wildman–Crippen LogP) is 3.52. The quantitative estimate of drug-likeness (QED) is 0.623. The Balaban J connectivity index is 1.40. The number of nitrogens with one attached hydrogen (secondary N) is 1. The van der Waals surface area contributed by atoms with Crippen LogP contribution in [-0.2, 0) is 11.3 Å². The molecule has 2 aromatic heterocycles. The van der Waals surface area contributed by atoms with Gasteiger partial charge in [0.05, 0.1) is 23.1 Å². The van der Waals surface area contributed by atoms with Crippen LogP contribution in [0.2, 0.25) is 0 Å². The van der Waals surface area contributed by atoms with E-state index in [9.17, 15) is 4.79 Å². The number of ether oxygens (including phenoxy) is 1. The summed E-state index contributed by atoms with van der Waals surface area (Å²) in [5.41, 5.74) is 0.846. The first-order chi connectivity index (χ1) is 12.7. The Morgan fingerprint density at radius 2 is 2.27 bits per heavy atom. The maximum Gasteiger partial charge on any atom is 0.236 e. The van der Waals surface area contributed by atoms with E-state index in [0.29, 0.717) is 11.0 Å². The van der Waals surface area contributed by atoms with E-state index in [2.05, 4.69) is 32.0 Å². The molecule has 136 valence electrons. The van der Waals surface area contributed by atoms with Crippen molar-refractivity contribution < 1.29 is 9.53 Å². The molecule has 1 N–H and O–H groups in total. The van der Waals surface area contributed by atoms with Crippen molar-refractivity contribution in [3.05, 3.63) is 24.0 Å². The lowest BCUT2D eigenvalue weighted by Crippen LogP contribution is -2.14. The minimum atomic E-state index is -0.0975. The molecule has 0 spiro atoms. The molecule has 0 atom stereocenters. The molecule has 1 saturated carbocycles. The smallest absolute Gasteiger partial charge is 0.236 e. The van der Waals surface area contributed by atoms with Crippen LogP contribution in [0.5, 0.6) is 5.75 Å². The number of amides is 1. The van der Waals surface area contributed by atoms with Gasteiger partial charge >= 0.3 is 0 Å². The molecule has 1 amide bonds. The average Bonchev–Trinajstić information content (AvgIpc) is 3.28. The second-order valence-corrected chi connectivity index (χ2v) is 8.02. The zero-order valence-electron chi connectivity index (χ0n) is 14.6. The van der Waals surface area contributed by atoms with Gasteiger partial charge in [0.2, 0.25) is 5.91 Å². The normalized spacial score (nSPS) is 13.9. The summed E-state index contributed by atoms with van der Waals surface area (Å²) in [4.78, 5) is 16.7. The van der Waals surface area contributed by atoms with Gasteiger partial charge in [-0.05, 0) is 38.0 Å². The highest BCUT2D eigenvalue weighted by Gasteiger charge is 2.30. The van der Waals surface area contributed by atoms with Crippen molar-refractivity contribution >= 4 is 44.4 Å². The molecule has 26 heavy (non-hydrogen) atoms. The Kier molecular flexibility index (Phi) is 4.82. The Hall–Kier alpha value is -2.13. The number of anilines is 1. The Morgan fingerprint density at radius 1 is 1.42 bits per heavy atom. The van der Waals surface area contributed by atoms with E-state index in [4.69, 9.17) is 4.74 Å². The molecule has 4 rings (SSSR count). The molecule has 1 aliphatic carbocycles. The summed E-state index contributed by atoms with van der Waals surface area (Å²) < 4.78 is 8.31. The molecule has 1 fully saturated rings. The van der Waals surface area contributed by atoms with Gasteiger partial charge in [-0.15, -0.1) is 10.2 Å². The highest BCUT2D eigenvalue weighted by atomic mass is 32.2. The first kappa shape index (κ1) is 17.3. The summed E-state index contributed by atoms with van der Waals surface area (Å²) >= 11 is 2.85. The largest absolute Gasteiger partial charge is 0.497 e. The summed E-state index contributed by atoms with van der Waals surface area (Å²) in [6, 6.07) is 5.66. The molecule has 0 bridgehead atoms. The number of thioether (sulfide) groups is 1. The monoisotopic (exact) mass is 389 g/mol. The van der Waals surface area contributed by atoms with Crippen LogP contribution in [0.15, 0.2) is 23.4 Å². The van der Waals surface area contributed by atoms with E-state index in [-0.39, 0.29) is 11.7 Å². The Labute approximate surface area is 159 Å². The van der Waals surface area contributed by atoms with Crippen LogP contribution in [0.25, 0.3) is 10.2 Å². The maximum absolute atomic E-state index is 12.3. The van der Waals surface area contributed by atoms with Crippen molar-refractivity contribution in [3.63, 3.8) is 0 Å². The van der Waals surface area contributed by atoms with Crippen LogP contribution < -0.4 is 10.1 Å². The Bertz CT molecular complexity index is 948. The van der Waals surface area contributed by atoms with E-state index in [1.165, 1.54) is 35.9 Å². The zero-order valence-corrected chi connectivity index (χ0v) is 16.2. The van der Waals surface area contributed by atoms with Crippen molar-refractivity contribution in [1.29, 1.82) is 0 Å². The second-order valence-electron chi connectivity index (χ2n) is 6.05. The fourth-order valence-electron chi connectivity index (χ4n) is 2.72. The number of thiazole rings is 1. The fraction of sp³-hybridized carbons (Fsp3) is 0.412. The van der Waals surface area contributed by atoms with Crippen LogP contribution in [0.1, 0.15) is 31.5 Å². The van der Waals surface area contributed by atoms with Gasteiger partial charge in [0.1, 0.15) is 11.6 Å². The van der Waals surface area contributed by atoms with Crippen LogP contribution in [0.3, 0.4) is 0 Å². The van der Waals surface area contributed by atoms with Gasteiger partial charge < -0.3 is 14.6 Å². The lowest BCUT2D eigenvalue weighted by atomic mass is 10.3. The van der Waals surface area contributed by atoms with E-state index >= 15 is 0 Å². The summed E-state index contributed by atoms with van der Waals surface area (Å²) in [6.45, 7) is 2.90. The minimum Gasteiger partial charge on any atom is -0.497 e. The number of carbonyl (C=O) groups is 1. The first-order valence-corrected chi connectivity index (χ1v) is 10.3. The van der Waals surface area contributed by atoms with Crippen LogP contribution in [-0.4, -0.2) is 38.5 Å². The summed E-state index contributed by atoms with van der Waals surface area (Å²) in [7, 11) is 1.63. The molecule has 9 heteroatoms. The standard InChI is InChI=1S/C17H19N5O2S2/c1-3-22-15(10-4-5-10)20-21-17(22)25-9-14(23)19-16-18-12-7-6-11(24-2)8-13(12)26-16/h6-8,10H,3-5,9H2,1-2H3,(H,18,19,23). The molecule has 3 aromatic rings. The number of hydrogen-bond acceptors (Lipinski definition) is 7. The van der Waals surface area contributed by atoms with Gasteiger partial charge in [-0.25, -0.2) is 4.98 Å². The van der Waals surface area contributed by atoms with Crippen LogP contribution >= 0.6 is 23.1 Å². The zero-order chi connectivity index (χ0) is 18.1. The molecular formula is C17H19N5O2S2. The molecule has 0 aliphatic heterocycles. The molecule has 2 heterocycles. The SMILES string of the molecule is CCn1c(SCC(=O)Nc2nc3ccc(OC)cc3s2)nnc1C1CC1. The second kappa shape index (κ2) is 7.24. The van der Waals surface area contributed by atoms with E-state index in [0.717, 1.165) is 33.5 Å². The van der Waals surface area contributed by atoms with E-state index < -0.39 is 0 Å². The van der Waals surface area contributed by atoms with Gasteiger partial charge in [-0.2, -0.15) is 0 Å². The average molecular weight is 390 g/mol. The highest BCUT2D eigenvalue weighted by molar-refractivity contribution is 7.99.